The monoisotopic (exact) mass is 424 g/mol. The van der Waals surface area contributed by atoms with E-state index in [1.165, 1.54) is 0 Å². The third-order valence-electron chi connectivity index (χ3n) is 4.38. The van der Waals surface area contributed by atoms with Crippen molar-refractivity contribution in [3.8, 4) is 0 Å². The molecule has 31 heavy (non-hydrogen) atoms. The number of carbonyl (C=O) groups is 3. The first-order valence-electron chi connectivity index (χ1n) is 10.1. The second-order valence-corrected chi connectivity index (χ2v) is 9.35. The summed E-state index contributed by atoms with van der Waals surface area (Å²) in [5, 5.41) is 0. The number of hydrogen-bond donors (Lipinski definition) is 0. The molecule has 0 aromatic heterocycles. The number of hydrogen-bond acceptors (Lipinski definition) is 5. The summed E-state index contributed by atoms with van der Waals surface area (Å²) in [7, 11) is 0. The number of urea groups is 1. The molecule has 164 valence electrons. The first-order chi connectivity index (χ1) is 14.4. The van der Waals surface area contributed by atoms with Gasteiger partial charge in [0.1, 0.15) is 11.2 Å². The van der Waals surface area contributed by atoms with Crippen molar-refractivity contribution in [3.63, 3.8) is 0 Å². The van der Waals surface area contributed by atoms with Crippen molar-refractivity contribution in [2.45, 2.75) is 59.2 Å². The zero-order valence-corrected chi connectivity index (χ0v) is 18.8. The average molecular weight is 424 g/mol. The van der Waals surface area contributed by atoms with Gasteiger partial charge in [-0.15, -0.1) is 0 Å². The lowest BCUT2D eigenvalue weighted by atomic mass is 9.99. The number of ether oxygens (including phenoxy) is 2. The standard InChI is InChI=1S/C24H28N2O5/c1-23(2,3)30-21(28)25-18-13-9-7-11-16(18)15-17-12-8-10-14-19(17)26(20(25)27)22(29)31-24(4,5)6/h7-14H,15H2,1-6H3. The van der Waals surface area contributed by atoms with Crippen LogP contribution in [0.3, 0.4) is 0 Å². The highest BCUT2D eigenvalue weighted by Gasteiger charge is 2.40. The van der Waals surface area contributed by atoms with Gasteiger partial charge >= 0.3 is 18.2 Å². The molecule has 0 saturated heterocycles. The molecular weight excluding hydrogens is 396 g/mol. The second-order valence-electron chi connectivity index (χ2n) is 9.35. The summed E-state index contributed by atoms with van der Waals surface area (Å²) in [6.07, 6.45) is -1.31. The summed E-state index contributed by atoms with van der Waals surface area (Å²) in [6, 6.07) is 13.3. The van der Waals surface area contributed by atoms with E-state index in [4.69, 9.17) is 9.47 Å². The van der Waals surface area contributed by atoms with E-state index in [0.29, 0.717) is 17.8 Å². The normalized spacial score (nSPS) is 14.2. The number of para-hydroxylation sites is 2. The first kappa shape index (κ1) is 22.3. The van der Waals surface area contributed by atoms with E-state index in [2.05, 4.69) is 0 Å². The Morgan fingerprint density at radius 3 is 1.42 bits per heavy atom. The van der Waals surface area contributed by atoms with E-state index < -0.39 is 29.4 Å². The van der Waals surface area contributed by atoms with Crippen LogP contribution < -0.4 is 9.80 Å². The molecule has 1 aliphatic heterocycles. The highest BCUT2D eigenvalue weighted by atomic mass is 16.6. The van der Waals surface area contributed by atoms with E-state index in [0.717, 1.165) is 20.9 Å². The van der Waals surface area contributed by atoms with Crippen LogP contribution in [0, 0.1) is 0 Å². The molecule has 0 spiro atoms. The Morgan fingerprint density at radius 1 is 0.710 bits per heavy atom. The lowest BCUT2D eigenvalue weighted by molar-refractivity contribution is 0.0578. The molecule has 7 nitrogen and oxygen atoms in total. The highest BCUT2D eigenvalue weighted by molar-refractivity contribution is 6.25. The molecule has 0 fully saturated rings. The third kappa shape index (κ3) is 5.05. The quantitative estimate of drug-likeness (QED) is 0.527. The molecule has 0 bridgehead atoms. The molecule has 0 N–H and O–H groups in total. The molecule has 2 aromatic rings. The zero-order valence-electron chi connectivity index (χ0n) is 18.8. The van der Waals surface area contributed by atoms with Gasteiger partial charge in [-0.1, -0.05) is 36.4 Å². The lowest BCUT2D eigenvalue weighted by Gasteiger charge is -2.34. The van der Waals surface area contributed by atoms with Crippen LogP contribution >= 0.6 is 0 Å². The average Bonchev–Trinajstić information content (AvgIpc) is 2.60. The van der Waals surface area contributed by atoms with Crippen LogP contribution in [0.15, 0.2) is 48.5 Å². The largest absolute Gasteiger partial charge is 0.443 e. The number of imide groups is 2. The van der Waals surface area contributed by atoms with Crippen molar-refractivity contribution < 1.29 is 23.9 Å². The number of nitrogens with zero attached hydrogens (tertiary/aromatic N) is 2. The van der Waals surface area contributed by atoms with Crippen LogP contribution in [0.4, 0.5) is 25.8 Å². The Kier molecular flexibility index (Phi) is 5.81. The summed E-state index contributed by atoms with van der Waals surface area (Å²) in [4.78, 5) is 41.8. The fourth-order valence-electron chi connectivity index (χ4n) is 3.24. The van der Waals surface area contributed by atoms with Gasteiger partial charge in [-0.2, -0.15) is 9.80 Å². The fourth-order valence-corrected chi connectivity index (χ4v) is 3.24. The number of anilines is 2. The molecule has 1 aliphatic rings. The van der Waals surface area contributed by atoms with Gasteiger partial charge < -0.3 is 9.47 Å². The van der Waals surface area contributed by atoms with Crippen molar-refractivity contribution >= 4 is 29.6 Å². The molecule has 0 aliphatic carbocycles. The molecule has 0 unspecified atom stereocenters. The van der Waals surface area contributed by atoms with E-state index in [9.17, 15) is 14.4 Å². The van der Waals surface area contributed by atoms with E-state index in [1.807, 2.05) is 24.3 Å². The summed E-state index contributed by atoms with van der Waals surface area (Å²) in [6.45, 7) is 10.3. The maximum Gasteiger partial charge on any atom is 0.423 e. The van der Waals surface area contributed by atoms with Crippen LogP contribution in [0.25, 0.3) is 0 Å². The molecule has 1 heterocycles. The summed E-state index contributed by atoms with van der Waals surface area (Å²) in [5.74, 6) is 0. The van der Waals surface area contributed by atoms with Gasteiger partial charge in [0.25, 0.3) is 0 Å². The summed E-state index contributed by atoms with van der Waals surface area (Å²) < 4.78 is 11.0. The van der Waals surface area contributed by atoms with Crippen molar-refractivity contribution in [2.75, 3.05) is 9.80 Å². The van der Waals surface area contributed by atoms with Crippen molar-refractivity contribution in [3.05, 3.63) is 59.7 Å². The van der Waals surface area contributed by atoms with Crippen LogP contribution in [-0.4, -0.2) is 29.4 Å². The number of carbonyl (C=O) groups excluding carboxylic acids is 3. The van der Waals surface area contributed by atoms with Crippen molar-refractivity contribution in [2.24, 2.45) is 0 Å². The molecule has 0 radical (unpaired) electrons. The van der Waals surface area contributed by atoms with Crippen LogP contribution in [0.5, 0.6) is 0 Å². The summed E-state index contributed by atoms with van der Waals surface area (Å²) in [5.41, 5.74) is 0.595. The second kappa shape index (κ2) is 8.06. The molecule has 0 atom stereocenters. The van der Waals surface area contributed by atoms with Gasteiger partial charge in [0, 0.05) is 6.42 Å². The molecular formula is C24H28N2O5. The lowest BCUT2D eigenvalue weighted by Crippen LogP contribution is -2.53. The predicted molar refractivity (Wildman–Crippen MR) is 119 cm³/mol. The fraction of sp³-hybridized carbons (Fsp3) is 0.375. The van der Waals surface area contributed by atoms with Gasteiger partial charge in [-0.3, -0.25) is 0 Å². The van der Waals surface area contributed by atoms with Gasteiger partial charge in [0.15, 0.2) is 0 Å². The topological polar surface area (TPSA) is 76.2 Å². The number of fused-ring (bicyclic) bond motifs is 2. The van der Waals surface area contributed by atoms with E-state index in [1.54, 1.807) is 65.8 Å². The Morgan fingerprint density at radius 2 is 1.06 bits per heavy atom. The Labute approximate surface area is 182 Å². The van der Waals surface area contributed by atoms with Gasteiger partial charge in [0.05, 0.1) is 11.4 Å². The summed E-state index contributed by atoms with van der Waals surface area (Å²) >= 11 is 0. The zero-order chi connectivity index (χ0) is 23.0. The van der Waals surface area contributed by atoms with Gasteiger partial charge in [-0.25, -0.2) is 14.4 Å². The minimum atomic E-state index is -0.863. The first-order valence-corrected chi connectivity index (χ1v) is 10.1. The maximum atomic E-state index is 13.7. The number of benzene rings is 2. The Hall–Kier alpha value is -3.35. The maximum absolute atomic E-state index is 13.7. The highest BCUT2D eigenvalue weighted by Crippen LogP contribution is 2.34. The third-order valence-corrected chi connectivity index (χ3v) is 4.38. The van der Waals surface area contributed by atoms with Crippen LogP contribution in [0.1, 0.15) is 52.7 Å². The molecule has 3 rings (SSSR count). The van der Waals surface area contributed by atoms with Crippen molar-refractivity contribution in [1.82, 2.24) is 0 Å². The molecule has 0 saturated carbocycles. The SMILES string of the molecule is CC(C)(C)OC(=O)N1C(=O)N(C(=O)OC(C)(C)C)c2ccccc2Cc2ccccc21. The van der Waals surface area contributed by atoms with Gasteiger partial charge in [0.2, 0.25) is 0 Å². The van der Waals surface area contributed by atoms with Crippen molar-refractivity contribution in [1.29, 1.82) is 0 Å². The Balaban J connectivity index is 2.19. The minimum absolute atomic E-state index is 0.366. The van der Waals surface area contributed by atoms with Crippen LogP contribution in [-0.2, 0) is 15.9 Å². The Bertz CT molecular complexity index is 938. The number of amides is 4. The molecule has 2 aromatic carbocycles. The van der Waals surface area contributed by atoms with E-state index >= 15 is 0 Å². The van der Waals surface area contributed by atoms with E-state index in [-0.39, 0.29) is 0 Å². The van der Waals surface area contributed by atoms with Crippen LogP contribution in [0.2, 0.25) is 0 Å². The number of rotatable bonds is 0. The molecule has 7 heteroatoms. The predicted octanol–water partition coefficient (Wildman–Crippen LogP) is 5.89. The smallest absolute Gasteiger partial charge is 0.423 e. The molecule has 4 amide bonds. The minimum Gasteiger partial charge on any atom is -0.443 e. The van der Waals surface area contributed by atoms with Gasteiger partial charge in [-0.05, 0) is 64.8 Å².